The Morgan fingerprint density at radius 3 is 2.62 bits per heavy atom. The number of hydrogen-bond acceptors (Lipinski definition) is 3. The number of sulfonamides is 1. The molecule has 1 aromatic carbocycles. The number of benzene rings is 1. The van der Waals surface area contributed by atoms with Crippen LogP contribution in [0.5, 0.6) is 0 Å². The fourth-order valence-corrected chi connectivity index (χ4v) is 3.65. The summed E-state index contributed by atoms with van der Waals surface area (Å²) in [4.78, 5) is 15.5. The maximum atomic E-state index is 12.3. The van der Waals surface area contributed by atoms with Gasteiger partial charge in [-0.3, -0.25) is 4.79 Å². The Kier molecular flexibility index (Phi) is 5.66. The first-order chi connectivity index (χ1) is 11.2. The molecule has 6 nitrogen and oxygen atoms in total. The van der Waals surface area contributed by atoms with Gasteiger partial charge in [-0.05, 0) is 44.0 Å². The molecule has 0 atom stereocenters. The van der Waals surface area contributed by atoms with E-state index in [2.05, 4.69) is 10.3 Å². The summed E-state index contributed by atoms with van der Waals surface area (Å²) in [6, 6.07) is 5.59. The number of nitrogens with zero attached hydrogens (tertiary/aromatic N) is 1. The number of amides is 1. The average Bonchev–Trinajstić information content (AvgIpc) is 2.80. The predicted molar refractivity (Wildman–Crippen MR) is 96.8 cm³/mol. The maximum absolute atomic E-state index is 12.3. The van der Waals surface area contributed by atoms with E-state index in [-0.39, 0.29) is 5.91 Å². The van der Waals surface area contributed by atoms with Gasteiger partial charge in [-0.1, -0.05) is 6.92 Å². The van der Waals surface area contributed by atoms with Crippen molar-refractivity contribution in [3.63, 3.8) is 0 Å². The quantitative estimate of drug-likeness (QED) is 0.750. The molecule has 0 spiro atoms. The highest BCUT2D eigenvalue weighted by Crippen LogP contribution is 2.22. The Bertz CT molecular complexity index is 840. The van der Waals surface area contributed by atoms with Gasteiger partial charge in [0, 0.05) is 41.8 Å². The molecule has 2 aromatic rings. The molecule has 0 aliphatic rings. The predicted octanol–water partition coefficient (Wildman–Crippen LogP) is 2.19. The third-order valence-electron chi connectivity index (χ3n) is 4.26. The first-order valence-corrected chi connectivity index (χ1v) is 9.91. The molecule has 7 heteroatoms. The van der Waals surface area contributed by atoms with E-state index in [0.717, 1.165) is 22.2 Å². The Balaban J connectivity index is 1.94. The van der Waals surface area contributed by atoms with Gasteiger partial charge in [0.25, 0.3) is 5.91 Å². The van der Waals surface area contributed by atoms with E-state index in [1.807, 2.05) is 26.0 Å². The second kappa shape index (κ2) is 7.36. The molecule has 0 saturated heterocycles. The smallest absolute Gasteiger partial charge is 0.251 e. The van der Waals surface area contributed by atoms with E-state index >= 15 is 0 Å². The molecular formula is C17H25N3O3S. The van der Waals surface area contributed by atoms with Gasteiger partial charge in [-0.25, -0.2) is 12.7 Å². The third kappa shape index (κ3) is 4.15. The van der Waals surface area contributed by atoms with Crippen LogP contribution in [0.2, 0.25) is 0 Å². The monoisotopic (exact) mass is 351 g/mol. The molecule has 0 aliphatic heterocycles. The summed E-state index contributed by atoms with van der Waals surface area (Å²) in [5, 5.41) is 3.90. The largest absolute Gasteiger partial charge is 0.358 e. The molecule has 2 N–H and O–H groups in total. The molecular weight excluding hydrogens is 326 g/mol. The first-order valence-electron chi connectivity index (χ1n) is 8.06. The molecule has 0 bridgehead atoms. The van der Waals surface area contributed by atoms with Gasteiger partial charge in [0.1, 0.15) is 0 Å². The van der Waals surface area contributed by atoms with Crippen LogP contribution in [0.4, 0.5) is 0 Å². The van der Waals surface area contributed by atoms with Crippen LogP contribution in [0.1, 0.15) is 35.0 Å². The van der Waals surface area contributed by atoms with Crippen molar-refractivity contribution in [1.29, 1.82) is 0 Å². The van der Waals surface area contributed by atoms with Crippen molar-refractivity contribution in [1.82, 2.24) is 14.6 Å². The summed E-state index contributed by atoms with van der Waals surface area (Å²) in [5.41, 5.74) is 3.88. The fraction of sp³-hybridized carbons (Fsp3) is 0.471. The second-order valence-electron chi connectivity index (χ2n) is 6.00. The van der Waals surface area contributed by atoms with Crippen molar-refractivity contribution in [2.45, 2.75) is 27.2 Å². The Morgan fingerprint density at radius 1 is 1.29 bits per heavy atom. The Labute approximate surface area is 143 Å². The lowest BCUT2D eigenvalue weighted by Gasteiger charge is -2.17. The number of carbonyl (C=O) groups excluding carboxylic acids is 1. The Morgan fingerprint density at radius 2 is 2.00 bits per heavy atom. The number of aromatic amines is 1. The van der Waals surface area contributed by atoms with Crippen LogP contribution in [0.15, 0.2) is 18.2 Å². The SMILES string of the molecule is CCN(CCCNC(=O)c1ccc2[nH]c(C)c(C)c2c1)S(C)(=O)=O. The molecule has 0 radical (unpaired) electrons. The number of hydrogen-bond donors (Lipinski definition) is 2. The molecule has 0 aliphatic carbocycles. The number of rotatable bonds is 7. The zero-order valence-corrected chi connectivity index (χ0v) is 15.5. The zero-order chi connectivity index (χ0) is 17.9. The van der Waals surface area contributed by atoms with Crippen LogP contribution in [0.25, 0.3) is 10.9 Å². The van der Waals surface area contributed by atoms with Crippen LogP contribution in [-0.2, 0) is 10.0 Å². The minimum atomic E-state index is -3.18. The highest BCUT2D eigenvalue weighted by Gasteiger charge is 2.14. The summed E-state index contributed by atoms with van der Waals surface area (Å²) in [5.74, 6) is -0.141. The highest BCUT2D eigenvalue weighted by atomic mass is 32.2. The van der Waals surface area contributed by atoms with Crippen molar-refractivity contribution in [2.24, 2.45) is 0 Å². The van der Waals surface area contributed by atoms with Crippen LogP contribution < -0.4 is 5.32 Å². The van der Waals surface area contributed by atoms with E-state index in [1.165, 1.54) is 10.6 Å². The third-order valence-corrected chi connectivity index (χ3v) is 5.64. The zero-order valence-electron chi connectivity index (χ0n) is 14.6. The molecule has 1 aromatic heterocycles. The maximum Gasteiger partial charge on any atom is 0.251 e. The minimum absolute atomic E-state index is 0.141. The van der Waals surface area contributed by atoms with E-state index < -0.39 is 10.0 Å². The normalized spacial score (nSPS) is 12.0. The molecule has 2 rings (SSSR count). The van der Waals surface area contributed by atoms with Crippen LogP contribution in [0, 0.1) is 13.8 Å². The number of carbonyl (C=O) groups is 1. The Hall–Kier alpha value is -1.86. The standard InChI is InChI=1S/C17H25N3O3S/c1-5-20(24(4,22)23)10-6-9-18-17(21)14-7-8-16-15(11-14)12(2)13(3)19-16/h7-8,11,19H,5-6,9-10H2,1-4H3,(H,18,21). The van der Waals surface area contributed by atoms with E-state index in [9.17, 15) is 13.2 Å². The molecule has 0 fully saturated rings. The topological polar surface area (TPSA) is 82.3 Å². The molecule has 132 valence electrons. The van der Waals surface area contributed by atoms with Gasteiger partial charge < -0.3 is 10.3 Å². The number of aromatic nitrogens is 1. The van der Waals surface area contributed by atoms with Crippen LogP contribution in [-0.4, -0.2) is 49.5 Å². The van der Waals surface area contributed by atoms with Gasteiger partial charge in [-0.15, -0.1) is 0 Å². The van der Waals surface area contributed by atoms with Crippen molar-refractivity contribution in [3.05, 3.63) is 35.0 Å². The molecule has 1 amide bonds. The van der Waals surface area contributed by atoms with Crippen molar-refractivity contribution >= 4 is 26.8 Å². The van der Waals surface area contributed by atoms with Crippen LogP contribution in [0.3, 0.4) is 0 Å². The van der Waals surface area contributed by atoms with Gasteiger partial charge in [0.05, 0.1) is 6.26 Å². The lowest BCUT2D eigenvalue weighted by molar-refractivity contribution is 0.0953. The molecule has 0 saturated carbocycles. The van der Waals surface area contributed by atoms with E-state index in [0.29, 0.717) is 31.6 Å². The number of fused-ring (bicyclic) bond motifs is 1. The van der Waals surface area contributed by atoms with Crippen molar-refractivity contribution in [3.8, 4) is 0 Å². The minimum Gasteiger partial charge on any atom is -0.358 e. The number of H-pyrrole nitrogens is 1. The summed E-state index contributed by atoms with van der Waals surface area (Å²) >= 11 is 0. The van der Waals surface area contributed by atoms with Gasteiger partial charge in [-0.2, -0.15) is 0 Å². The summed E-state index contributed by atoms with van der Waals surface area (Å²) in [7, 11) is -3.18. The van der Waals surface area contributed by atoms with Gasteiger partial charge >= 0.3 is 0 Å². The highest BCUT2D eigenvalue weighted by molar-refractivity contribution is 7.88. The lowest BCUT2D eigenvalue weighted by atomic mass is 10.1. The molecule has 1 heterocycles. The summed E-state index contributed by atoms with van der Waals surface area (Å²) in [6.45, 7) is 7.13. The average molecular weight is 351 g/mol. The van der Waals surface area contributed by atoms with Crippen molar-refractivity contribution < 1.29 is 13.2 Å². The summed E-state index contributed by atoms with van der Waals surface area (Å²) < 4.78 is 24.4. The van der Waals surface area contributed by atoms with Crippen molar-refractivity contribution in [2.75, 3.05) is 25.9 Å². The van der Waals surface area contributed by atoms with E-state index in [1.54, 1.807) is 13.0 Å². The van der Waals surface area contributed by atoms with Crippen LogP contribution >= 0.6 is 0 Å². The molecule has 24 heavy (non-hydrogen) atoms. The fourth-order valence-electron chi connectivity index (χ4n) is 2.72. The number of aryl methyl sites for hydroxylation is 2. The van der Waals surface area contributed by atoms with Gasteiger partial charge in [0.15, 0.2) is 0 Å². The second-order valence-corrected chi connectivity index (χ2v) is 7.98. The van der Waals surface area contributed by atoms with Gasteiger partial charge in [0.2, 0.25) is 10.0 Å². The molecule has 0 unspecified atom stereocenters. The number of nitrogens with one attached hydrogen (secondary N) is 2. The van der Waals surface area contributed by atoms with E-state index in [4.69, 9.17) is 0 Å². The summed E-state index contributed by atoms with van der Waals surface area (Å²) in [6.07, 6.45) is 1.78. The lowest BCUT2D eigenvalue weighted by Crippen LogP contribution is -2.33. The first kappa shape index (κ1) is 18.5.